The van der Waals surface area contributed by atoms with Gasteiger partial charge in [-0.25, -0.2) is 0 Å². The standard InChI is InChI=1S/C27H31N3O2/c1-21-6-5-9-24(29-21)20-28-27(31)23-10-12-25(13-11-23)32-26-15-18-30(19-16-26)17-14-22-7-3-2-4-8-22/h2-13,26H,14-20H2,1H3,(H,28,31). The zero-order chi connectivity index (χ0) is 22.2. The van der Waals surface area contributed by atoms with E-state index in [4.69, 9.17) is 4.74 Å². The van der Waals surface area contributed by atoms with Crippen molar-refractivity contribution in [2.24, 2.45) is 0 Å². The number of likely N-dealkylation sites (tertiary alicyclic amines) is 1. The number of hydrogen-bond acceptors (Lipinski definition) is 4. The van der Waals surface area contributed by atoms with E-state index in [0.717, 1.165) is 56.0 Å². The summed E-state index contributed by atoms with van der Waals surface area (Å²) in [7, 11) is 0. The van der Waals surface area contributed by atoms with E-state index in [1.807, 2.05) is 49.4 Å². The van der Waals surface area contributed by atoms with Gasteiger partial charge < -0.3 is 15.0 Å². The predicted molar refractivity (Wildman–Crippen MR) is 127 cm³/mol. The Morgan fingerprint density at radius 3 is 2.47 bits per heavy atom. The maximum atomic E-state index is 12.4. The van der Waals surface area contributed by atoms with Crippen molar-refractivity contribution >= 4 is 5.91 Å². The Kier molecular flexibility index (Phi) is 7.51. The second-order valence-corrected chi connectivity index (χ2v) is 8.37. The zero-order valence-electron chi connectivity index (χ0n) is 18.7. The molecule has 5 heteroatoms. The molecule has 0 spiro atoms. The maximum Gasteiger partial charge on any atom is 0.251 e. The molecule has 0 atom stereocenters. The SMILES string of the molecule is Cc1cccc(CNC(=O)c2ccc(OC3CCN(CCc4ccccc4)CC3)cc2)n1. The van der Waals surface area contributed by atoms with E-state index >= 15 is 0 Å². The molecule has 1 amide bonds. The number of carbonyl (C=O) groups excluding carboxylic acids is 1. The van der Waals surface area contributed by atoms with E-state index in [1.165, 1.54) is 5.56 Å². The summed E-state index contributed by atoms with van der Waals surface area (Å²) < 4.78 is 6.18. The fourth-order valence-corrected chi connectivity index (χ4v) is 4.03. The number of pyridine rings is 1. The molecule has 0 bridgehead atoms. The molecule has 1 aliphatic rings. The molecule has 0 unspecified atom stereocenters. The summed E-state index contributed by atoms with van der Waals surface area (Å²) in [5.74, 6) is 0.719. The van der Waals surface area contributed by atoms with E-state index < -0.39 is 0 Å². The van der Waals surface area contributed by atoms with Gasteiger partial charge in [0.15, 0.2) is 0 Å². The first-order chi connectivity index (χ1) is 15.7. The van der Waals surface area contributed by atoms with E-state index in [1.54, 1.807) is 0 Å². The Bertz CT molecular complexity index is 997. The Morgan fingerprint density at radius 1 is 1.00 bits per heavy atom. The third-order valence-electron chi connectivity index (χ3n) is 5.89. The number of ether oxygens (including phenoxy) is 1. The Morgan fingerprint density at radius 2 is 1.75 bits per heavy atom. The van der Waals surface area contributed by atoms with Crippen LogP contribution in [0.25, 0.3) is 0 Å². The van der Waals surface area contributed by atoms with Gasteiger partial charge in [-0.15, -0.1) is 0 Å². The van der Waals surface area contributed by atoms with E-state index in [0.29, 0.717) is 12.1 Å². The Balaban J connectivity index is 1.19. The van der Waals surface area contributed by atoms with Crippen LogP contribution < -0.4 is 10.1 Å². The Labute approximate surface area is 190 Å². The minimum absolute atomic E-state index is 0.105. The molecule has 4 rings (SSSR count). The largest absolute Gasteiger partial charge is 0.490 e. The average Bonchev–Trinajstić information content (AvgIpc) is 2.83. The molecule has 166 valence electrons. The van der Waals surface area contributed by atoms with Crippen LogP contribution in [0.4, 0.5) is 0 Å². The van der Waals surface area contributed by atoms with Crippen LogP contribution in [0, 0.1) is 6.92 Å². The number of rotatable bonds is 8. The molecule has 1 aliphatic heterocycles. The highest BCUT2D eigenvalue weighted by Crippen LogP contribution is 2.20. The van der Waals surface area contributed by atoms with Gasteiger partial charge in [0, 0.05) is 30.9 Å². The van der Waals surface area contributed by atoms with Gasteiger partial charge in [0.1, 0.15) is 11.9 Å². The molecule has 0 aliphatic carbocycles. The van der Waals surface area contributed by atoms with Crippen molar-refractivity contribution in [3.63, 3.8) is 0 Å². The second kappa shape index (κ2) is 10.9. The highest BCUT2D eigenvalue weighted by atomic mass is 16.5. The highest BCUT2D eigenvalue weighted by Gasteiger charge is 2.20. The third kappa shape index (κ3) is 6.41. The first kappa shape index (κ1) is 22.0. The smallest absolute Gasteiger partial charge is 0.251 e. The molecule has 0 radical (unpaired) electrons. The molecule has 32 heavy (non-hydrogen) atoms. The fraction of sp³-hybridized carbons (Fsp3) is 0.333. The number of carbonyl (C=O) groups is 1. The maximum absolute atomic E-state index is 12.4. The first-order valence-electron chi connectivity index (χ1n) is 11.4. The normalized spacial score (nSPS) is 14.8. The van der Waals surface area contributed by atoms with E-state index in [2.05, 4.69) is 45.5 Å². The molecular formula is C27H31N3O2. The summed E-state index contributed by atoms with van der Waals surface area (Å²) in [6.45, 7) is 5.58. The van der Waals surface area contributed by atoms with Gasteiger partial charge in [-0.3, -0.25) is 9.78 Å². The summed E-state index contributed by atoms with van der Waals surface area (Å²) >= 11 is 0. The van der Waals surface area contributed by atoms with Crippen molar-refractivity contribution in [2.75, 3.05) is 19.6 Å². The lowest BCUT2D eigenvalue weighted by molar-refractivity contribution is 0.0949. The lowest BCUT2D eigenvalue weighted by atomic mass is 10.1. The van der Waals surface area contributed by atoms with Crippen LogP contribution in [0.3, 0.4) is 0 Å². The van der Waals surface area contributed by atoms with Gasteiger partial charge in [-0.1, -0.05) is 36.4 Å². The number of amides is 1. The number of nitrogens with zero attached hydrogens (tertiary/aromatic N) is 2. The van der Waals surface area contributed by atoms with Gasteiger partial charge in [0.2, 0.25) is 0 Å². The van der Waals surface area contributed by atoms with Crippen LogP contribution >= 0.6 is 0 Å². The minimum atomic E-state index is -0.105. The van der Waals surface area contributed by atoms with Crippen molar-refractivity contribution in [2.45, 2.75) is 38.8 Å². The van der Waals surface area contributed by atoms with Crippen LogP contribution in [0.15, 0.2) is 72.8 Å². The number of piperidine rings is 1. The third-order valence-corrected chi connectivity index (χ3v) is 5.89. The van der Waals surface area contributed by atoms with Crippen LogP contribution in [0.1, 0.15) is 40.2 Å². The summed E-state index contributed by atoms with van der Waals surface area (Å²) in [6, 6.07) is 23.9. The van der Waals surface area contributed by atoms with Crippen molar-refractivity contribution in [1.29, 1.82) is 0 Å². The van der Waals surface area contributed by atoms with Crippen LogP contribution in [0.5, 0.6) is 5.75 Å². The number of hydrogen-bond donors (Lipinski definition) is 1. The Hall–Kier alpha value is -3.18. The van der Waals surface area contributed by atoms with Crippen LogP contribution in [-0.2, 0) is 13.0 Å². The molecule has 2 heterocycles. The van der Waals surface area contributed by atoms with Gasteiger partial charge in [-0.2, -0.15) is 0 Å². The molecule has 2 aromatic carbocycles. The highest BCUT2D eigenvalue weighted by molar-refractivity contribution is 5.94. The number of aryl methyl sites for hydroxylation is 1. The van der Waals surface area contributed by atoms with Gasteiger partial charge in [0.05, 0.1) is 12.2 Å². The number of aromatic nitrogens is 1. The molecule has 3 aromatic rings. The van der Waals surface area contributed by atoms with E-state index in [9.17, 15) is 4.79 Å². The molecule has 1 fully saturated rings. The molecule has 0 saturated carbocycles. The first-order valence-corrected chi connectivity index (χ1v) is 11.4. The summed E-state index contributed by atoms with van der Waals surface area (Å²) in [6.07, 6.45) is 3.38. The van der Waals surface area contributed by atoms with Gasteiger partial charge in [0.25, 0.3) is 5.91 Å². The summed E-state index contributed by atoms with van der Waals surface area (Å²) in [4.78, 5) is 19.3. The van der Waals surface area contributed by atoms with Crippen LogP contribution in [0.2, 0.25) is 0 Å². The summed E-state index contributed by atoms with van der Waals surface area (Å²) in [5, 5.41) is 2.92. The zero-order valence-corrected chi connectivity index (χ0v) is 18.7. The second-order valence-electron chi connectivity index (χ2n) is 8.37. The molecular weight excluding hydrogens is 398 g/mol. The number of nitrogens with one attached hydrogen (secondary N) is 1. The van der Waals surface area contributed by atoms with Gasteiger partial charge >= 0.3 is 0 Å². The van der Waals surface area contributed by atoms with Crippen molar-refractivity contribution < 1.29 is 9.53 Å². The van der Waals surface area contributed by atoms with E-state index in [-0.39, 0.29) is 12.0 Å². The predicted octanol–water partition coefficient (Wildman–Crippen LogP) is 4.41. The van der Waals surface area contributed by atoms with Crippen molar-refractivity contribution in [3.8, 4) is 5.75 Å². The lowest BCUT2D eigenvalue weighted by Crippen LogP contribution is -2.39. The average molecular weight is 430 g/mol. The summed E-state index contributed by atoms with van der Waals surface area (Å²) in [5.41, 5.74) is 3.82. The molecule has 1 N–H and O–H groups in total. The molecule has 5 nitrogen and oxygen atoms in total. The fourth-order valence-electron chi connectivity index (χ4n) is 4.03. The topological polar surface area (TPSA) is 54.5 Å². The number of benzene rings is 2. The van der Waals surface area contributed by atoms with Crippen LogP contribution in [-0.4, -0.2) is 41.5 Å². The minimum Gasteiger partial charge on any atom is -0.490 e. The molecule has 1 saturated heterocycles. The van der Waals surface area contributed by atoms with Crippen molar-refractivity contribution in [1.82, 2.24) is 15.2 Å². The van der Waals surface area contributed by atoms with Crippen molar-refractivity contribution in [3.05, 3.63) is 95.3 Å². The monoisotopic (exact) mass is 429 g/mol. The lowest BCUT2D eigenvalue weighted by Gasteiger charge is -2.32. The quantitative estimate of drug-likeness (QED) is 0.576. The van der Waals surface area contributed by atoms with Gasteiger partial charge in [-0.05, 0) is 68.1 Å². The molecule has 1 aromatic heterocycles.